The lowest BCUT2D eigenvalue weighted by Gasteiger charge is -2.32. The zero-order valence-electron chi connectivity index (χ0n) is 78.0. The molecule has 40 nitrogen and oxygen atoms in total. The Balaban J connectivity index is 0.937. The monoisotopic (exact) mass is 1880 g/mol. The van der Waals surface area contributed by atoms with E-state index in [1.165, 1.54) is 9.80 Å². The Labute approximate surface area is 790 Å². The SMILES string of the molecule is CC[C@H](C)[C@@H](N)C(=O)N[C@@H](CC(C)C)C(=O)N[C@@H](CCCCN)C(=O)N[C@@H](CCCCN)C(=O)N[C@@H](Cc1c[nH]c2ccccc12)C(=O)N1CCC[C@H]1C(=O)N[C@@H](Cc1c[nH]c2ccccc12)C(=O)N[C@@H](Cc1c[nH]c2ccccc12)C(=O)N1CCC[C@H]1C(=O)N[C@@H](Cc1c[nH]c2ccccc12)C(=O)N[C@@H](CCCNC(=N)N)C(=O)N[C@@H](CCCNC(=N)N)C(=O)N[C@H](CCCCN)C(=O)O. The van der Waals surface area contributed by atoms with Crippen molar-refractivity contribution < 1.29 is 67.4 Å². The highest BCUT2D eigenvalue weighted by Gasteiger charge is 2.45. The highest BCUT2D eigenvalue weighted by atomic mass is 16.4. The highest BCUT2D eigenvalue weighted by Crippen LogP contribution is 2.29. The van der Waals surface area contributed by atoms with Gasteiger partial charge in [-0.15, -0.1) is 0 Å². The third kappa shape index (κ3) is 29.5. The van der Waals surface area contributed by atoms with Gasteiger partial charge in [-0.2, -0.15) is 0 Å². The fourth-order valence-corrected chi connectivity index (χ4v) is 17.7. The maximum absolute atomic E-state index is 16.1. The molecule has 0 radical (unpaired) electrons. The predicted molar refractivity (Wildman–Crippen MR) is 518 cm³/mol. The number of rotatable bonds is 55. The maximum atomic E-state index is 16.1. The quantitative estimate of drug-likeness (QED) is 0.0147. The number of unbranched alkanes of at least 4 members (excludes halogenated alkanes) is 3. The molecule has 0 aliphatic carbocycles. The number of guanidine groups is 2. The van der Waals surface area contributed by atoms with E-state index in [4.69, 9.17) is 45.2 Å². The molecule has 2 aliphatic rings. The van der Waals surface area contributed by atoms with Crippen LogP contribution < -0.4 is 98.2 Å². The summed E-state index contributed by atoms with van der Waals surface area (Å²) in [6.07, 6.45) is 10.5. The molecular formula is C96H138N26O14. The molecule has 14 atom stereocenters. The highest BCUT2D eigenvalue weighted by molar-refractivity contribution is 6.02. The van der Waals surface area contributed by atoms with Crippen molar-refractivity contribution in [1.29, 1.82) is 10.8 Å². The van der Waals surface area contributed by atoms with Crippen LogP contribution in [0, 0.1) is 22.7 Å². The number of aromatic amines is 4. The van der Waals surface area contributed by atoms with Crippen molar-refractivity contribution in [2.45, 2.75) is 254 Å². The minimum atomic E-state index is -1.50. The van der Waals surface area contributed by atoms with Gasteiger partial charge in [0.15, 0.2) is 11.9 Å². The van der Waals surface area contributed by atoms with Crippen LogP contribution in [0.2, 0.25) is 0 Å². The Morgan fingerprint density at radius 1 is 0.390 bits per heavy atom. The molecule has 10 rings (SSSR count). The van der Waals surface area contributed by atoms with Gasteiger partial charge in [0.1, 0.15) is 72.5 Å². The van der Waals surface area contributed by atoms with Crippen LogP contribution in [-0.4, -0.2) is 248 Å². The number of fused-ring (bicyclic) bond motifs is 4. The van der Waals surface area contributed by atoms with E-state index in [1.807, 2.05) is 119 Å². The summed E-state index contributed by atoms with van der Waals surface area (Å²) in [6, 6.07) is 12.2. The number of nitrogens with one attached hydrogen (secondary N) is 18. The minimum absolute atomic E-state index is 0.00691. The molecule has 0 bridgehead atoms. The number of nitrogens with two attached hydrogens (primary N) is 6. The van der Waals surface area contributed by atoms with E-state index in [-0.39, 0.29) is 166 Å². The number of para-hydroxylation sites is 4. The van der Waals surface area contributed by atoms with Crippen molar-refractivity contribution in [3.05, 3.63) is 144 Å². The lowest BCUT2D eigenvalue weighted by Crippen LogP contribution is -2.61. The molecule has 0 saturated carbocycles. The van der Waals surface area contributed by atoms with Crippen LogP contribution in [0.3, 0.4) is 0 Å². The van der Waals surface area contributed by atoms with Crippen LogP contribution >= 0.6 is 0 Å². The molecule has 0 unspecified atom stereocenters. The summed E-state index contributed by atoms with van der Waals surface area (Å²) >= 11 is 0. The first-order valence-electron chi connectivity index (χ1n) is 47.5. The van der Waals surface area contributed by atoms with Gasteiger partial charge in [-0.3, -0.25) is 68.4 Å². The molecular weight excluding hydrogens is 1740 g/mol. The molecule has 2 aliphatic heterocycles. The minimum Gasteiger partial charge on any atom is -0.480 e. The molecule has 12 amide bonds. The number of aliphatic carboxylic acids is 1. The van der Waals surface area contributed by atoms with Crippen molar-refractivity contribution in [3.8, 4) is 0 Å². The van der Waals surface area contributed by atoms with E-state index >= 15 is 33.6 Å². The number of carboxylic acids is 1. The second-order valence-electron chi connectivity index (χ2n) is 35.9. The largest absolute Gasteiger partial charge is 0.480 e. The van der Waals surface area contributed by atoms with Crippen molar-refractivity contribution in [2.24, 2.45) is 46.2 Å². The normalized spacial score (nSPS) is 16.4. The number of amides is 12. The third-order valence-corrected chi connectivity index (χ3v) is 25.4. The summed E-state index contributed by atoms with van der Waals surface area (Å²) in [7, 11) is 0. The second-order valence-corrected chi connectivity index (χ2v) is 35.9. The van der Waals surface area contributed by atoms with Crippen molar-refractivity contribution in [3.63, 3.8) is 0 Å². The molecule has 8 aromatic rings. The first kappa shape index (κ1) is 105. The van der Waals surface area contributed by atoms with Gasteiger partial charge in [0.2, 0.25) is 70.9 Å². The van der Waals surface area contributed by atoms with E-state index in [1.54, 1.807) is 30.9 Å². The molecule has 6 heterocycles. The Morgan fingerprint density at radius 3 is 0.993 bits per heavy atom. The van der Waals surface area contributed by atoms with Crippen molar-refractivity contribution in [2.75, 3.05) is 45.8 Å². The Kier molecular flexibility index (Phi) is 39.9. The van der Waals surface area contributed by atoms with Gasteiger partial charge >= 0.3 is 5.97 Å². The smallest absolute Gasteiger partial charge is 0.326 e. The number of carbonyl (C=O) groups excluding carboxylic acids is 12. The number of H-pyrrole nitrogens is 4. The van der Waals surface area contributed by atoms with E-state index in [2.05, 4.69) is 83.7 Å². The topological polar surface area (TPSA) is 660 Å². The zero-order chi connectivity index (χ0) is 98.1. The number of benzene rings is 4. The maximum Gasteiger partial charge on any atom is 0.326 e. The first-order chi connectivity index (χ1) is 65.4. The van der Waals surface area contributed by atoms with Crippen LogP contribution in [0.25, 0.3) is 43.6 Å². The van der Waals surface area contributed by atoms with Crippen LogP contribution in [0.4, 0.5) is 0 Å². The van der Waals surface area contributed by atoms with Crippen LogP contribution in [0.5, 0.6) is 0 Å². The molecule has 2 fully saturated rings. The van der Waals surface area contributed by atoms with Gasteiger partial charge in [0.05, 0.1) is 6.04 Å². The number of carbonyl (C=O) groups is 13. The average molecular weight is 1880 g/mol. The Hall–Kier alpha value is -13.5. The number of aromatic nitrogens is 4. The molecule has 31 N–H and O–H groups in total. The number of likely N-dealkylation sites (tertiary alicyclic amines) is 2. The molecule has 136 heavy (non-hydrogen) atoms. The molecule has 40 heteroatoms. The lowest BCUT2D eigenvalue weighted by atomic mass is 9.97. The zero-order valence-corrected chi connectivity index (χ0v) is 78.0. The number of hydrogen-bond donors (Lipinski definition) is 25. The first-order valence-corrected chi connectivity index (χ1v) is 47.5. The van der Waals surface area contributed by atoms with Gasteiger partial charge in [-0.1, -0.05) is 107 Å². The van der Waals surface area contributed by atoms with Crippen molar-refractivity contribution >= 4 is 132 Å². The lowest BCUT2D eigenvalue weighted by molar-refractivity contribution is -0.143. The van der Waals surface area contributed by atoms with E-state index in [0.29, 0.717) is 106 Å². The summed E-state index contributed by atoms with van der Waals surface area (Å²) in [5.41, 5.74) is 40.4. The fourth-order valence-electron chi connectivity index (χ4n) is 17.7. The van der Waals surface area contributed by atoms with Gasteiger partial charge in [-0.05, 0) is 194 Å². The van der Waals surface area contributed by atoms with Crippen LogP contribution in [0.15, 0.2) is 122 Å². The summed E-state index contributed by atoms with van der Waals surface area (Å²) < 4.78 is 0. The van der Waals surface area contributed by atoms with Crippen molar-refractivity contribution in [1.82, 2.24) is 93.5 Å². The van der Waals surface area contributed by atoms with E-state index in [0.717, 1.165) is 10.9 Å². The number of hydrogen-bond acceptors (Lipinski definition) is 19. The number of nitrogens with zero attached hydrogens (tertiary/aromatic N) is 2. The van der Waals surface area contributed by atoms with Crippen LogP contribution in [0.1, 0.15) is 172 Å². The number of carboxylic acid groups (broad SMARTS) is 1. The molecule has 4 aromatic heterocycles. The summed E-state index contributed by atoms with van der Waals surface area (Å²) in [6.45, 7) is 8.49. The standard InChI is InChI=1S/C96H138N26O14/c1-5-56(4)81(100)91(132)118-74(46-55(2)3)86(127)113-69(32-14-17-39-97)82(123)111-70(33-15-18-40-98)85(126)119-77(49-59-53-109-67-30-12-8-26-63(59)67)92(133)121-44-22-38-80(121)90(131)117-76(48-58-52-108-66-29-11-7-25-62(58)66)88(129)120-78(50-60-54-110-68-31-13-9-27-64(60)68)93(134)122-45-23-37-79(122)89(130)116-75(47-57-51-107-65-28-10-6-24-61(57)65)87(128)114-71(35-20-42-105-95(101)102)83(124)112-72(36-21-43-106-96(103)104)84(125)115-73(94(135)136)34-16-19-41-99/h6-13,24-31,51-56,69-81,107-110H,5,14-23,32-50,97-100H2,1-4H3,(H,111,123)(H,112,124)(H,113,127)(H,114,128)(H,115,125)(H,116,130)(H,117,131)(H,118,132)(H,119,126)(H,120,129)(H,135,136)(H4,101,102,105)(H4,103,104,106)/t56-,69-,70-,71-,72-,73+,74-,75-,76-,77-,78-,79-,80-,81+/m0/s1. The fraction of sp³-hybridized carbons (Fsp3) is 0.510. The van der Waals surface area contributed by atoms with E-state index < -0.39 is 155 Å². The summed E-state index contributed by atoms with van der Waals surface area (Å²) in [5.74, 6) is -11.2. The third-order valence-electron chi connectivity index (χ3n) is 25.4. The Bertz CT molecular complexity index is 5430. The molecule has 4 aromatic carbocycles. The molecule has 0 spiro atoms. The molecule has 2 saturated heterocycles. The summed E-state index contributed by atoms with van der Waals surface area (Å²) in [5, 5.41) is 62.5. The second kappa shape index (κ2) is 51.8. The summed E-state index contributed by atoms with van der Waals surface area (Å²) in [4.78, 5) is 210. The van der Waals surface area contributed by atoms with E-state index in [9.17, 15) is 33.9 Å². The van der Waals surface area contributed by atoms with Gasteiger partial charge in [0, 0.05) is 120 Å². The predicted octanol–water partition coefficient (Wildman–Crippen LogP) is 2.13. The van der Waals surface area contributed by atoms with Gasteiger partial charge in [0.25, 0.3) is 0 Å². The average Bonchev–Trinajstić information content (AvgIpc) is 1.65. The van der Waals surface area contributed by atoms with Crippen LogP contribution in [-0.2, 0) is 88.0 Å². The Morgan fingerprint density at radius 2 is 0.676 bits per heavy atom. The van der Waals surface area contributed by atoms with Gasteiger partial charge in [-0.25, -0.2) is 4.79 Å². The molecule has 736 valence electrons. The van der Waals surface area contributed by atoms with Gasteiger partial charge < -0.3 is 133 Å².